The van der Waals surface area contributed by atoms with Gasteiger partial charge in [-0.2, -0.15) is 5.10 Å². The second-order valence-electron chi connectivity index (χ2n) is 8.89. The Hall–Kier alpha value is -4.42. The third-order valence-electron chi connectivity index (χ3n) is 6.03. The van der Waals surface area contributed by atoms with Crippen LogP contribution in [0.1, 0.15) is 16.7 Å². The zero-order valence-electron chi connectivity index (χ0n) is 20.4. The monoisotopic (exact) mass is 526 g/mol. The predicted molar refractivity (Wildman–Crippen MR) is 146 cm³/mol. The summed E-state index contributed by atoms with van der Waals surface area (Å²) in [6.07, 6.45) is -0.136. The molecule has 0 saturated carbocycles. The number of aromatic nitrogens is 2. The van der Waals surface area contributed by atoms with Gasteiger partial charge >= 0.3 is 5.97 Å². The lowest BCUT2D eigenvalue weighted by Gasteiger charge is -2.12. The van der Waals surface area contributed by atoms with E-state index in [9.17, 15) is 14.3 Å². The first-order valence-electron chi connectivity index (χ1n) is 12.0. The highest BCUT2D eigenvalue weighted by Crippen LogP contribution is 2.34. The molecule has 1 N–H and O–H groups in total. The molecule has 7 heteroatoms. The summed E-state index contributed by atoms with van der Waals surface area (Å²) < 4.78 is 22.1. The molecule has 5 aromatic rings. The minimum Gasteiger partial charge on any atom is -0.488 e. The number of aliphatic carboxylic acids is 1. The predicted octanol–water partition coefficient (Wildman–Crippen LogP) is 7.26. The van der Waals surface area contributed by atoms with Crippen molar-refractivity contribution in [3.63, 3.8) is 0 Å². The van der Waals surface area contributed by atoms with Crippen LogP contribution in [0.4, 0.5) is 4.39 Å². The van der Waals surface area contributed by atoms with Crippen molar-refractivity contribution in [1.82, 2.24) is 9.78 Å². The van der Waals surface area contributed by atoms with E-state index in [1.165, 1.54) is 12.1 Å². The van der Waals surface area contributed by atoms with Crippen LogP contribution in [0, 0.1) is 5.82 Å². The topological polar surface area (TPSA) is 64.3 Å². The van der Waals surface area contributed by atoms with Gasteiger partial charge in [-0.05, 0) is 59.2 Å². The lowest BCUT2D eigenvalue weighted by atomic mass is 10.0. The molecule has 0 unspecified atom stereocenters. The van der Waals surface area contributed by atoms with Gasteiger partial charge in [-0.25, -0.2) is 4.39 Å². The first-order valence-corrected chi connectivity index (χ1v) is 12.4. The van der Waals surface area contributed by atoms with E-state index in [0.717, 1.165) is 16.8 Å². The molecule has 5 nitrogen and oxygen atoms in total. The Morgan fingerprint density at radius 1 is 0.868 bits per heavy atom. The van der Waals surface area contributed by atoms with Crippen LogP contribution in [0.3, 0.4) is 0 Å². The van der Waals surface area contributed by atoms with E-state index in [1.807, 2.05) is 65.3 Å². The number of ether oxygens (including phenoxy) is 1. The minimum absolute atomic E-state index is 0.136. The van der Waals surface area contributed by atoms with Crippen molar-refractivity contribution >= 4 is 17.6 Å². The van der Waals surface area contributed by atoms with Gasteiger partial charge in [0.05, 0.1) is 24.4 Å². The molecule has 0 amide bonds. The Kier molecular flexibility index (Phi) is 7.52. The highest BCUT2D eigenvalue weighted by molar-refractivity contribution is 6.30. The standard InChI is InChI=1S/C31H24ClFN2O3/c32-25-10-4-8-23(14-25)20-38-30-13-12-22(16-31(36)37)15-27(30)28-18-29(24-9-5-11-26(33)17-24)35(34-28)19-21-6-2-1-3-7-21/h1-15,17-18H,16,19-20H2,(H,36,37). The SMILES string of the molecule is O=C(O)Cc1ccc(OCc2cccc(Cl)c2)c(-c2cc(-c3cccc(F)c3)n(Cc3ccccc3)n2)c1. The van der Waals surface area contributed by atoms with Crippen molar-refractivity contribution in [1.29, 1.82) is 0 Å². The summed E-state index contributed by atoms with van der Waals surface area (Å²) in [6, 6.07) is 30.8. The number of carboxylic acids is 1. The van der Waals surface area contributed by atoms with Crippen LogP contribution in [-0.2, 0) is 24.4 Å². The molecule has 4 aromatic carbocycles. The van der Waals surface area contributed by atoms with E-state index >= 15 is 0 Å². The van der Waals surface area contributed by atoms with Crippen LogP contribution in [0.25, 0.3) is 22.5 Å². The maximum Gasteiger partial charge on any atom is 0.307 e. The molecule has 1 aromatic heterocycles. The average molecular weight is 527 g/mol. The number of halogens is 2. The van der Waals surface area contributed by atoms with Crippen molar-refractivity contribution in [3.05, 3.63) is 131 Å². The molecule has 0 aliphatic carbocycles. The fraction of sp³-hybridized carbons (Fsp3) is 0.0968. The molecule has 0 aliphatic rings. The highest BCUT2D eigenvalue weighted by Gasteiger charge is 2.17. The summed E-state index contributed by atoms with van der Waals surface area (Å²) >= 11 is 6.13. The van der Waals surface area contributed by atoms with Gasteiger partial charge in [-0.15, -0.1) is 0 Å². The van der Waals surface area contributed by atoms with Crippen molar-refractivity contribution < 1.29 is 19.0 Å². The molecule has 0 spiro atoms. The van der Waals surface area contributed by atoms with Gasteiger partial charge in [0.15, 0.2) is 0 Å². The molecular weight excluding hydrogens is 503 g/mol. The van der Waals surface area contributed by atoms with Crippen LogP contribution in [0.2, 0.25) is 5.02 Å². The number of rotatable bonds is 9. The third kappa shape index (κ3) is 6.10. The molecule has 0 radical (unpaired) electrons. The normalized spacial score (nSPS) is 10.9. The molecule has 38 heavy (non-hydrogen) atoms. The summed E-state index contributed by atoms with van der Waals surface area (Å²) in [5.74, 6) is -0.724. The van der Waals surface area contributed by atoms with E-state index in [2.05, 4.69) is 0 Å². The summed E-state index contributed by atoms with van der Waals surface area (Å²) in [5, 5.41) is 14.9. The van der Waals surface area contributed by atoms with Crippen LogP contribution >= 0.6 is 11.6 Å². The summed E-state index contributed by atoms with van der Waals surface area (Å²) in [7, 11) is 0. The van der Waals surface area contributed by atoms with Gasteiger partial charge < -0.3 is 9.84 Å². The van der Waals surface area contributed by atoms with E-state index in [-0.39, 0.29) is 18.8 Å². The molecule has 190 valence electrons. The zero-order chi connectivity index (χ0) is 26.5. The maximum absolute atomic E-state index is 14.2. The summed E-state index contributed by atoms with van der Waals surface area (Å²) in [4.78, 5) is 11.4. The van der Waals surface area contributed by atoms with E-state index in [0.29, 0.717) is 39.7 Å². The quantitative estimate of drug-likeness (QED) is 0.219. The van der Waals surface area contributed by atoms with E-state index in [4.69, 9.17) is 21.4 Å². The van der Waals surface area contributed by atoms with Gasteiger partial charge in [-0.1, -0.05) is 72.3 Å². The average Bonchev–Trinajstić information content (AvgIpc) is 3.32. The lowest BCUT2D eigenvalue weighted by Crippen LogP contribution is -2.04. The second-order valence-corrected chi connectivity index (χ2v) is 9.32. The Morgan fingerprint density at radius 2 is 1.66 bits per heavy atom. The Balaban J connectivity index is 1.58. The van der Waals surface area contributed by atoms with Crippen LogP contribution in [0.15, 0.2) is 103 Å². The largest absolute Gasteiger partial charge is 0.488 e. The molecule has 0 bridgehead atoms. The zero-order valence-corrected chi connectivity index (χ0v) is 21.1. The fourth-order valence-electron chi connectivity index (χ4n) is 4.28. The number of hydrogen-bond donors (Lipinski definition) is 1. The number of benzene rings is 4. The molecule has 1 heterocycles. The first-order chi connectivity index (χ1) is 18.4. The molecule has 0 aliphatic heterocycles. The third-order valence-corrected chi connectivity index (χ3v) is 6.27. The van der Waals surface area contributed by atoms with Crippen molar-refractivity contribution in [3.8, 4) is 28.3 Å². The van der Waals surface area contributed by atoms with E-state index in [1.54, 1.807) is 30.3 Å². The molecule has 5 rings (SSSR count). The molecule has 0 fully saturated rings. The number of hydrogen-bond acceptors (Lipinski definition) is 3. The Morgan fingerprint density at radius 3 is 2.42 bits per heavy atom. The number of nitrogens with zero attached hydrogens (tertiary/aromatic N) is 2. The lowest BCUT2D eigenvalue weighted by molar-refractivity contribution is -0.136. The second kappa shape index (κ2) is 11.3. The van der Waals surface area contributed by atoms with Gasteiger partial charge in [0.25, 0.3) is 0 Å². The van der Waals surface area contributed by atoms with Crippen molar-refractivity contribution in [2.45, 2.75) is 19.6 Å². The van der Waals surface area contributed by atoms with Crippen molar-refractivity contribution in [2.24, 2.45) is 0 Å². The Bertz CT molecular complexity index is 1580. The van der Waals surface area contributed by atoms with Gasteiger partial charge in [0.1, 0.15) is 18.2 Å². The Labute approximate surface area is 224 Å². The maximum atomic E-state index is 14.2. The summed E-state index contributed by atoms with van der Waals surface area (Å²) in [6.45, 7) is 0.744. The van der Waals surface area contributed by atoms with Gasteiger partial charge in [0.2, 0.25) is 0 Å². The molecule has 0 saturated heterocycles. The number of carboxylic acid groups (broad SMARTS) is 1. The van der Waals surface area contributed by atoms with Crippen molar-refractivity contribution in [2.75, 3.05) is 0 Å². The minimum atomic E-state index is -0.932. The van der Waals surface area contributed by atoms with E-state index < -0.39 is 5.97 Å². The molecule has 0 atom stereocenters. The number of carbonyl (C=O) groups is 1. The fourth-order valence-corrected chi connectivity index (χ4v) is 4.49. The molecular formula is C31H24ClFN2O3. The highest BCUT2D eigenvalue weighted by atomic mass is 35.5. The summed E-state index contributed by atoms with van der Waals surface area (Å²) in [5.41, 5.74) is 5.21. The van der Waals surface area contributed by atoms with Crippen LogP contribution in [0.5, 0.6) is 5.75 Å². The van der Waals surface area contributed by atoms with Gasteiger partial charge in [0, 0.05) is 16.1 Å². The first kappa shape index (κ1) is 25.2. The van der Waals surface area contributed by atoms with Crippen LogP contribution in [-0.4, -0.2) is 20.9 Å². The van der Waals surface area contributed by atoms with Gasteiger partial charge in [-0.3, -0.25) is 9.48 Å². The smallest absolute Gasteiger partial charge is 0.307 e. The van der Waals surface area contributed by atoms with Crippen LogP contribution < -0.4 is 4.74 Å².